The number of aliphatic hydroxyl groups is 1. The molecule has 0 bridgehead atoms. The van der Waals surface area contributed by atoms with Gasteiger partial charge in [-0.15, -0.1) is 0 Å². The second-order valence-corrected chi connectivity index (χ2v) is 5.62. The number of nitrogens with one attached hydrogen (secondary N) is 1. The molecule has 1 aromatic carbocycles. The Balaban J connectivity index is 2.96. The zero-order valence-electron chi connectivity index (χ0n) is 9.39. The summed E-state index contributed by atoms with van der Waals surface area (Å²) in [6.07, 6.45) is 0. The zero-order valence-corrected chi connectivity index (χ0v) is 10.2. The van der Waals surface area contributed by atoms with Crippen molar-refractivity contribution in [2.24, 2.45) is 5.73 Å². The van der Waals surface area contributed by atoms with E-state index in [1.165, 1.54) is 12.1 Å². The van der Waals surface area contributed by atoms with Gasteiger partial charge in [-0.05, 0) is 18.2 Å². The van der Waals surface area contributed by atoms with Gasteiger partial charge in [0, 0.05) is 13.1 Å². The molecule has 1 rings (SSSR count). The van der Waals surface area contributed by atoms with Crippen LogP contribution in [-0.2, 0) is 9.84 Å². The molecule has 7 heteroatoms. The number of nitrogens with two attached hydrogens (primary N) is 2. The van der Waals surface area contributed by atoms with Crippen LogP contribution in [0.3, 0.4) is 0 Å². The van der Waals surface area contributed by atoms with Gasteiger partial charge in [-0.25, -0.2) is 8.42 Å². The number of hydrogen-bond donors (Lipinski definition) is 4. The average molecular weight is 259 g/mol. The Morgan fingerprint density at radius 2 is 2.06 bits per heavy atom. The van der Waals surface area contributed by atoms with Crippen molar-refractivity contribution < 1.29 is 13.5 Å². The first-order chi connectivity index (χ1) is 8.01. The Hall–Kier alpha value is -1.31. The lowest BCUT2D eigenvalue weighted by Crippen LogP contribution is -2.15. The van der Waals surface area contributed by atoms with Crippen LogP contribution in [0.2, 0.25) is 0 Å². The third-order valence-corrected chi connectivity index (χ3v) is 3.89. The van der Waals surface area contributed by atoms with Crippen LogP contribution in [0.15, 0.2) is 23.1 Å². The maximum absolute atomic E-state index is 11.7. The van der Waals surface area contributed by atoms with Crippen LogP contribution < -0.4 is 16.8 Å². The van der Waals surface area contributed by atoms with E-state index in [1.54, 1.807) is 6.07 Å². The molecule has 0 fully saturated rings. The summed E-state index contributed by atoms with van der Waals surface area (Å²) in [5.74, 6) is -0.304. The van der Waals surface area contributed by atoms with Crippen molar-refractivity contribution in [3.63, 3.8) is 0 Å². The highest BCUT2D eigenvalue weighted by Gasteiger charge is 2.14. The van der Waals surface area contributed by atoms with Crippen molar-refractivity contribution in [3.8, 4) is 0 Å². The zero-order chi connectivity index (χ0) is 12.9. The van der Waals surface area contributed by atoms with Gasteiger partial charge in [-0.2, -0.15) is 0 Å². The Morgan fingerprint density at radius 1 is 1.35 bits per heavy atom. The maximum Gasteiger partial charge on any atom is 0.180 e. The molecule has 0 aliphatic rings. The van der Waals surface area contributed by atoms with Crippen LogP contribution in [0, 0.1) is 0 Å². The minimum atomic E-state index is -3.45. The van der Waals surface area contributed by atoms with Crippen molar-refractivity contribution in [2.75, 3.05) is 36.5 Å². The molecule has 0 saturated heterocycles. The van der Waals surface area contributed by atoms with Gasteiger partial charge in [0.15, 0.2) is 9.84 Å². The minimum absolute atomic E-state index is 0.113. The monoisotopic (exact) mass is 259 g/mol. The van der Waals surface area contributed by atoms with E-state index >= 15 is 0 Å². The highest BCUT2D eigenvalue weighted by atomic mass is 32.2. The summed E-state index contributed by atoms with van der Waals surface area (Å²) in [6.45, 7) is 0.617. The lowest BCUT2D eigenvalue weighted by Gasteiger charge is -2.10. The number of hydrogen-bond acceptors (Lipinski definition) is 6. The van der Waals surface area contributed by atoms with Crippen molar-refractivity contribution >= 4 is 21.2 Å². The number of sulfone groups is 1. The minimum Gasteiger partial charge on any atom is -0.397 e. The predicted octanol–water partition coefficient (Wildman–Crippen LogP) is -0.595. The molecular weight excluding hydrogens is 242 g/mol. The molecule has 0 atom stereocenters. The summed E-state index contributed by atoms with van der Waals surface area (Å²) in [5.41, 5.74) is 12.1. The van der Waals surface area contributed by atoms with Crippen LogP contribution in [0.1, 0.15) is 0 Å². The van der Waals surface area contributed by atoms with E-state index < -0.39 is 16.4 Å². The Kier molecular flexibility index (Phi) is 4.73. The SMILES string of the molecule is NCCNc1ccc(S(=O)(=O)CCO)cc1N. The molecule has 1 aromatic rings. The molecule has 0 amide bonds. The van der Waals surface area contributed by atoms with Gasteiger partial charge >= 0.3 is 0 Å². The second-order valence-electron chi connectivity index (χ2n) is 3.51. The summed E-state index contributed by atoms with van der Waals surface area (Å²) in [7, 11) is -3.45. The van der Waals surface area contributed by atoms with E-state index in [0.29, 0.717) is 24.5 Å². The van der Waals surface area contributed by atoms with Crippen LogP contribution >= 0.6 is 0 Å². The molecule has 0 radical (unpaired) electrons. The number of benzene rings is 1. The van der Waals surface area contributed by atoms with Crippen molar-refractivity contribution in [1.29, 1.82) is 0 Å². The van der Waals surface area contributed by atoms with E-state index in [1.807, 2.05) is 0 Å². The van der Waals surface area contributed by atoms with Crippen LogP contribution in [0.5, 0.6) is 0 Å². The fourth-order valence-corrected chi connectivity index (χ4v) is 2.40. The van der Waals surface area contributed by atoms with Crippen molar-refractivity contribution in [3.05, 3.63) is 18.2 Å². The molecule has 6 nitrogen and oxygen atoms in total. The summed E-state index contributed by atoms with van der Waals surface area (Å²) >= 11 is 0. The van der Waals surface area contributed by atoms with Crippen molar-refractivity contribution in [1.82, 2.24) is 0 Å². The summed E-state index contributed by atoms with van der Waals surface area (Å²) in [6, 6.07) is 4.43. The molecule has 0 aromatic heterocycles. The smallest absolute Gasteiger partial charge is 0.180 e. The van der Waals surface area contributed by atoms with E-state index in [2.05, 4.69) is 5.32 Å². The first-order valence-corrected chi connectivity index (χ1v) is 6.83. The highest BCUT2D eigenvalue weighted by Crippen LogP contribution is 2.22. The quantitative estimate of drug-likeness (QED) is 0.507. The summed E-state index contributed by atoms with van der Waals surface area (Å²) in [5, 5.41) is 11.6. The van der Waals surface area contributed by atoms with E-state index in [9.17, 15) is 8.42 Å². The van der Waals surface area contributed by atoms with Crippen LogP contribution in [0.25, 0.3) is 0 Å². The summed E-state index contributed by atoms with van der Waals surface area (Å²) in [4.78, 5) is 0.113. The molecule has 0 aliphatic heterocycles. The first kappa shape index (κ1) is 13.8. The molecule has 0 heterocycles. The third kappa shape index (κ3) is 3.58. The largest absolute Gasteiger partial charge is 0.397 e. The molecule has 96 valence electrons. The predicted molar refractivity (Wildman–Crippen MR) is 67.5 cm³/mol. The molecule has 0 aliphatic carbocycles. The van der Waals surface area contributed by atoms with Gasteiger partial charge in [0.1, 0.15) is 0 Å². The fourth-order valence-electron chi connectivity index (χ4n) is 1.34. The maximum atomic E-state index is 11.7. The van der Waals surface area contributed by atoms with E-state index in [4.69, 9.17) is 16.6 Å². The number of aliphatic hydroxyl groups excluding tert-OH is 1. The first-order valence-electron chi connectivity index (χ1n) is 5.18. The van der Waals surface area contributed by atoms with Crippen LogP contribution in [-0.4, -0.2) is 39.0 Å². The molecule has 17 heavy (non-hydrogen) atoms. The van der Waals surface area contributed by atoms with Gasteiger partial charge in [0.05, 0.1) is 28.6 Å². The van der Waals surface area contributed by atoms with E-state index in [-0.39, 0.29) is 10.6 Å². The number of nitrogen functional groups attached to an aromatic ring is 1. The average Bonchev–Trinajstić information content (AvgIpc) is 2.27. The second kappa shape index (κ2) is 5.85. The molecular formula is C10H17N3O3S. The lowest BCUT2D eigenvalue weighted by molar-refractivity contribution is 0.319. The standard InChI is InChI=1S/C10H17N3O3S/c11-3-4-13-10-2-1-8(7-9(10)12)17(15,16)6-5-14/h1-2,7,13-14H,3-6,11-12H2. The lowest BCUT2D eigenvalue weighted by atomic mass is 10.2. The van der Waals surface area contributed by atoms with Gasteiger partial charge in [0.25, 0.3) is 0 Å². The number of rotatable bonds is 6. The third-order valence-electron chi connectivity index (χ3n) is 2.20. The van der Waals surface area contributed by atoms with E-state index in [0.717, 1.165) is 0 Å². The molecule has 0 saturated carbocycles. The Labute approximate surface area is 101 Å². The topological polar surface area (TPSA) is 118 Å². The summed E-state index contributed by atoms with van der Waals surface area (Å²) < 4.78 is 23.3. The van der Waals surface area contributed by atoms with Crippen molar-refractivity contribution in [2.45, 2.75) is 4.90 Å². The van der Waals surface area contributed by atoms with Gasteiger partial charge < -0.3 is 21.9 Å². The fraction of sp³-hybridized carbons (Fsp3) is 0.400. The molecule has 0 unspecified atom stereocenters. The molecule has 0 spiro atoms. The Morgan fingerprint density at radius 3 is 2.59 bits per heavy atom. The normalized spacial score (nSPS) is 11.4. The van der Waals surface area contributed by atoms with Gasteiger partial charge in [0.2, 0.25) is 0 Å². The highest BCUT2D eigenvalue weighted by molar-refractivity contribution is 7.91. The molecule has 6 N–H and O–H groups in total. The Bertz CT molecular complexity index is 474. The number of anilines is 2. The van der Waals surface area contributed by atoms with Crippen LogP contribution in [0.4, 0.5) is 11.4 Å². The van der Waals surface area contributed by atoms with Gasteiger partial charge in [-0.1, -0.05) is 0 Å². The van der Waals surface area contributed by atoms with Gasteiger partial charge in [-0.3, -0.25) is 0 Å².